The van der Waals surface area contributed by atoms with E-state index in [0.717, 1.165) is 5.56 Å². The lowest BCUT2D eigenvalue weighted by atomic mass is 10.00. The van der Waals surface area contributed by atoms with Gasteiger partial charge in [-0.2, -0.15) is 0 Å². The zero-order valence-electron chi connectivity index (χ0n) is 22.7. The van der Waals surface area contributed by atoms with Gasteiger partial charge in [-0.15, -0.1) is 0 Å². The SMILES string of the molecule is CC(C)(C)OC(=O)N1CCN(C(=O)c2ccc(N/C(=C3\C(=O)Nc4cc(F)ccc43)c3ccccc3)cc2)CC1. The predicted octanol–water partition coefficient (Wildman–Crippen LogP) is 5.45. The third-order valence-electron chi connectivity index (χ3n) is 6.66. The lowest BCUT2D eigenvalue weighted by Gasteiger charge is -2.35. The predicted molar refractivity (Wildman–Crippen MR) is 152 cm³/mol. The second-order valence-corrected chi connectivity index (χ2v) is 10.7. The van der Waals surface area contributed by atoms with Gasteiger partial charge in [0.25, 0.3) is 11.8 Å². The molecule has 8 nitrogen and oxygen atoms in total. The largest absolute Gasteiger partial charge is 0.444 e. The maximum atomic E-state index is 13.8. The van der Waals surface area contributed by atoms with Crippen LogP contribution in [0.1, 0.15) is 42.3 Å². The van der Waals surface area contributed by atoms with E-state index < -0.39 is 11.4 Å². The average molecular weight is 543 g/mol. The van der Waals surface area contributed by atoms with Crippen LogP contribution in [0, 0.1) is 5.82 Å². The molecule has 9 heteroatoms. The van der Waals surface area contributed by atoms with Gasteiger partial charge in [-0.05, 0) is 68.8 Å². The number of amides is 3. The summed E-state index contributed by atoms with van der Waals surface area (Å²) in [5, 5.41) is 6.09. The van der Waals surface area contributed by atoms with Crippen LogP contribution < -0.4 is 10.6 Å². The first-order chi connectivity index (χ1) is 19.1. The number of nitrogens with one attached hydrogen (secondary N) is 2. The fourth-order valence-corrected chi connectivity index (χ4v) is 4.72. The molecule has 3 aromatic carbocycles. The van der Waals surface area contributed by atoms with Crippen LogP contribution in [0.15, 0.2) is 72.8 Å². The first-order valence-corrected chi connectivity index (χ1v) is 13.1. The van der Waals surface area contributed by atoms with Crippen LogP contribution in [0.25, 0.3) is 11.3 Å². The van der Waals surface area contributed by atoms with Crippen LogP contribution in [0.3, 0.4) is 0 Å². The highest BCUT2D eigenvalue weighted by Gasteiger charge is 2.30. The molecule has 3 aromatic rings. The van der Waals surface area contributed by atoms with Crippen LogP contribution >= 0.6 is 0 Å². The van der Waals surface area contributed by atoms with E-state index in [0.29, 0.717) is 60.0 Å². The number of hydrogen-bond donors (Lipinski definition) is 2. The minimum atomic E-state index is -0.570. The standard InChI is InChI=1S/C31H31FN4O4/c1-31(2,3)40-30(39)36-17-15-35(16-18-36)29(38)21-9-12-23(13-10-21)33-27(20-7-5-4-6-8-20)26-24-14-11-22(32)19-25(24)34-28(26)37/h4-14,19,33H,15-18H2,1-3H3,(H,34,37)/b27-26-. The van der Waals surface area contributed by atoms with Crippen molar-refractivity contribution in [3.63, 3.8) is 0 Å². The summed E-state index contributed by atoms with van der Waals surface area (Å²) in [6, 6.07) is 20.7. The van der Waals surface area contributed by atoms with Gasteiger partial charge in [0.05, 0.1) is 17.0 Å². The van der Waals surface area contributed by atoms with Crippen molar-refractivity contribution in [2.75, 3.05) is 36.8 Å². The maximum Gasteiger partial charge on any atom is 0.410 e. The lowest BCUT2D eigenvalue weighted by molar-refractivity contribution is -0.110. The summed E-state index contributed by atoms with van der Waals surface area (Å²) in [7, 11) is 0. The van der Waals surface area contributed by atoms with Crippen molar-refractivity contribution in [1.82, 2.24) is 9.80 Å². The van der Waals surface area contributed by atoms with Crippen molar-refractivity contribution in [2.24, 2.45) is 0 Å². The molecule has 2 aliphatic rings. The number of anilines is 2. The van der Waals surface area contributed by atoms with Crippen LogP contribution in [0.4, 0.5) is 20.6 Å². The number of ether oxygens (including phenoxy) is 1. The summed E-state index contributed by atoms with van der Waals surface area (Å²) in [6.45, 7) is 7.11. The van der Waals surface area contributed by atoms with E-state index in [9.17, 15) is 18.8 Å². The van der Waals surface area contributed by atoms with Gasteiger partial charge < -0.3 is 25.2 Å². The highest BCUT2D eigenvalue weighted by atomic mass is 19.1. The normalized spacial score (nSPS) is 16.2. The first kappa shape index (κ1) is 26.9. The van der Waals surface area contributed by atoms with Gasteiger partial charge in [-0.25, -0.2) is 9.18 Å². The van der Waals surface area contributed by atoms with Gasteiger partial charge in [0.1, 0.15) is 11.4 Å². The molecule has 0 spiro atoms. The van der Waals surface area contributed by atoms with Crippen molar-refractivity contribution in [3.05, 3.63) is 95.3 Å². The molecule has 0 radical (unpaired) electrons. The number of nitrogens with zero attached hydrogens (tertiary/aromatic N) is 2. The smallest absolute Gasteiger partial charge is 0.410 e. The topological polar surface area (TPSA) is 91.0 Å². The first-order valence-electron chi connectivity index (χ1n) is 13.1. The molecule has 0 unspecified atom stereocenters. The second-order valence-electron chi connectivity index (χ2n) is 10.7. The Morgan fingerprint density at radius 3 is 2.17 bits per heavy atom. The third kappa shape index (κ3) is 5.83. The van der Waals surface area contributed by atoms with Crippen LogP contribution in [0.2, 0.25) is 0 Å². The monoisotopic (exact) mass is 542 g/mol. The summed E-state index contributed by atoms with van der Waals surface area (Å²) < 4.78 is 19.2. The number of carbonyl (C=O) groups is 3. The van der Waals surface area contributed by atoms with Gasteiger partial charge in [0.2, 0.25) is 0 Å². The molecule has 3 amide bonds. The molecule has 5 rings (SSSR count). The van der Waals surface area contributed by atoms with Gasteiger partial charge in [0, 0.05) is 43.0 Å². The second kappa shape index (κ2) is 10.8. The molecule has 2 aliphatic heterocycles. The number of benzene rings is 3. The van der Waals surface area contributed by atoms with E-state index in [1.807, 2.05) is 51.1 Å². The van der Waals surface area contributed by atoms with Gasteiger partial charge in [-0.3, -0.25) is 9.59 Å². The van der Waals surface area contributed by atoms with E-state index >= 15 is 0 Å². The van der Waals surface area contributed by atoms with Crippen molar-refractivity contribution >= 4 is 40.6 Å². The quantitative estimate of drug-likeness (QED) is 0.428. The fourth-order valence-electron chi connectivity index (χ4n) is 4.72. The summed E-state index contributed by atoms with van der Waals surface area (Å²) in [5.74, 6) is -0.881. The summed E-state index contributed by atoms with van der Waals surface area (Å²) in [4.78, 5) is 41.8. The van der Waals surface area contributed by atoms with E-state index in [1.54, 1.807) is 40.1 Å². The highest BCUT2D eigenvalue weighted by Crippen LogP contribution is 2.37. The Bertz CT molecular complexity index is 1470. The number of piperazine rings is 1. The summed E-state index contributed by atoms with van der Waals surface area (Å²) in [5.41, 5.74) is 3.42. The molecule has 2 heterocycles. The van der Waals surface area contributed by atoms with E-state index in [1.165, 1.54) is 12.1 Å². The molecule has 206 valence electrons. The fraction of sp³-hybridized carbons (Fsp3) is 0.258. The highest BCUT2D eigenvalue weighted by molar-refractivity contribution is 6.37. The Kier molecular flexibility index (Phi) is 7.30. The van der Waals surface area contributed by atoms with E-state index in [2.05, 4.69) is 10.6 Å². The Balaban J connectivity index is 1.33. The number of hydrogen-bond acceptors (Lipinski definition) is 5. The molecule has 0 aromatic heterocycles. The van der Waals surface area contributed by atoms with Gasteiger partial charge in [0.15, 0.2) is 0 Å². The Labute approximate surface area is 232 Å². The number of carbonyl (C=O) groups excluding carboxylic acids is 3. The molecule has 40 heavy (non-hydrogen) atoms. The zero-order chi connectivity index (χ0) is 28.4. The minimum absolute atomic E-state index is 0.122. The molecule has 0 bridgehead atoms. The molecular formula is C31H31FN4O4. The summed E-state index contributed by atoms with van der Waals surface area (Å²) in [6.07, 6.45) is -0.373. The third-order valence-corrected chi connectivity index (χ3v) is 6.66. The minimum Gasteiger partial charge on any atom is -0.444 e. The average Bonchev–Trinajstić information content (AvgIpc) is 3.25. The molecule has 0 saturated carbocycles. The Hall–Kier alpha value is -4.66. The molecule has 0 atom stereocenters. The number of rotatable bonds is 4. The van der Waals surface area contributed by atoms with E-state index in [-0.39, 0.29) is 17.9 Å². The van der Waals surface area contributed by atoms with Gasteiger partial charge in [-0.1, -0.05) is 30.3 Å². The van der Waals surface area contributed by atoms with Gasteiger partial charge >= 0.3 is 6.09 Å². The number of fused-ring (bicyclic) bond motifs is 1. The molecule has 1 saturated heterocycles. The van der Waals surface area contributed by atoms with Crippen LogP contribution in [0.5, 0.6) is 0 Å². The molecule has 2 N–H and O–H groups in total. The zero-order valence-corrected chi connectivity index (χ0v) is 22.7. The van der Waals surface area contributed by atoms with Crippen molar-refractivity contribution in [1.29, 1.82) is 0 Å². The lowest BCUT2D eigenvalue weighted by Crippen LogP contribution is -2.51. The van der Waals surface area contributed by atoms with Crippen LogP contribution in [-0.4, -0.2) is 59.5 Å². The Morgan fingerprint density at radius 2 is 1.52 bits per heavy atom. The Morgan fingerprint density at radius 1 is 0.875 bits per heavy atom. The van der Waals surface area contributed by atoms with Crippen molar-refractivity contribution in [3.8, 4) is 0 Å². The maximum absolute atomic E-state index is 13.8. The van der Waals surface area contributed by atoms with Crippen LogP contribution in [-0.2, 0) is 9.53 Å². The summed E-state index contributed by atoms with van der Waals surface area (Å²) >= 11 is 0. The van der Waals surface area contributed by atoms with Crippen molar-refractivity contribution in [2.45, 2.75) is 26.4 Å². The number of halogens is 1. The van der Waals surface area contributed by atoms with E-state index in [4.69, 9.17) is 4.74 Å². The molecular weight excluding hydrogens is 511 g/mol. The molecule has 1 fully saturated rings. The van der Waals surface area contributed by atoms with Crippen molar-refractivity contribution < 1.29 is 23.5 Å². The molecule has 0 aliphatic carbocycles.